The molecule has 0 radical (unpaired) electrons. The van der Waals surface area contributed by atoms with E-state index in [9.17, 15) is 13.5 Å². The molecule has 102 valence electrons. The van der Waals surface area contributed by atoms with E-state index in [0.717, 1.165) is 0 Å². The Morgan fingerprint density at radius 2 is 1.94 bits per heavy atom. The Hall–Kier alpha value is -1.11. The van der Waals surface area contributed by atoms with Crippen LogP contribution >= 0.6 is 0 Å². The van der Waals surface area contributed by atoms with Crippen molar-refractivity contribution in [2.45, 2.75) is 24.3 Å². The molecule has 0 saturated heterocycles. The molecule has 18 heavy (non-hydrogen) atoms. The molecule has 1 unspecified atom stereocenters. The van der Waals surface area contributed by atoms with Gasteiger partial charge < -0.3 is 10.4 Å². The Balaban J connectivity index is 2.94. The minimum atomic E-state index is -3.45. The predicted octanol–water partition coefficient (Wildman–Crippen LogP) is 1.12. The quantitative estimate of drug-likeness (QED) is 0.814. The first-order valence-corrected chi connectivity index (χ1v) is 7.23. The summed E-state index contributed by atoms with van der Waals surface area (Å²) in [5.74, 6) is 0. The third-order valence-electron chi connectivity index (χ3n) is 2.52. The lowest BCUT2D eigenvalue weighted by molar-refractivity contribution is 0.188. The lowest BCUT2D eigenvalue weighted by Gasteiger charge is -2.16. The van der Waals surface area contributed by atoms with Gasteiger partial charge in [-0.1, -0.05) is 12.1 Å². The predicted molar refractivity (Wildman–Crippen MR) is 72.1 cm³/mol. The lowest BCUT2D eigenvalue weighted by Crippen LogP contribution is -2.23. The molecule has 1 rings (SSSR count). The maximum atomic E-state index is 12.1. The van der Waals surface area contributed by atoms with Gasteiger partial charge in [-0.3, -0.25) is 0 Å². The molecule has 0 bridgehead atoms. The second-order valence-electron chi connectivity index (χ2n) is 4.35. The van der Waals surface area contributed by atoms with Gasteiger partial charge in [-0.2, -0.15) is 0 Å². The van der Waals surface area contributed by atoms with Crippen LogP contribution in [-0.4, -0.2) is 44.6 Å². The fraction of sp³-hybridized carbons (Fsp3) is 0.500. The minimum absolute atomic E-state index is 0.251. The van der Waals surface area contributed by atoms with Crippen LogP contribution in [0.15, 0.2) is 29.2 Å². The summed E-state index contributed by atoms with van der Waals surface area (Å²) in [5, 5.41) is 12.2. The molecule has 5 nitrogen and oxygen atoms in total. The number of rotatable bonds is 6. The van der Waals surface area contributed by atoms with E-state index in [1.54, 1.807) is 31.2 Å². The van der Waals surface area contributed by atoms with E-state index in [2.05, 4.69) is 5.32 Å². The monoisotopic (exact) mass is 272 g/mol. The van der Waals surface area contributed by atoms with E-state index in [-0.39, 0.29) is 4.90 Å². The van der Waals surface area contributed by atoms with E-state index in [1.807, 2.05) is 0 Å². The zero-order chi connectivity index (χ0) is 13.8. The molecule has 0 aliphatic carbocycles. The molecule has 0 fully saturated rings. The second kappa shape index (κ2) is 6.17. The number of anilines is 1. The summed E-state index contributed by atoms with van der Waals surface area (Å²) >= 11 is 0. The standard InChI is InChI=1S/C12H20N2O3S/c1-10(15)8-9-13-11-6-4-5-7-12(11)18(16,17)14(2)3/h4-7,10,13,15H,8-9H2,1-3H3. The van der Waals surface area contributed by atoms with Gasteiger partial charge in [-0.25, -0.2) is 12.7 Å². The molecule has 0 spiro atoms. The highest BCUT2D eigenvalue weighted by Crippen LogP contribution is 2.22. The van der Waals surface area contributed by atoms with Gasteiger partial charge in [0.15, 0.2) is 0 Å². The van der Waals surface area contributed by atoms with Crippen molar-refractivity contribution in [2.75, 3.05) is 26.0 Å². The van der Waals surface area contributed by atoms with E-state index in [4.69, 9.17) is 0 Å². The van der Waals surface area contributed by atoms with Crippen molar-refractivity contribution >= 4 is 15.7 Å². The molecule has 6 heteroatoms. The Labute approximate surface area is 108 Å². The van der Waals surface area contributed by atoms with Crippen LogP contribution in [0.25, 0.3) is 0 Å². The first-order valence-electron chi connectivity index (χ1n) is 5.79. The average molecular weight is 272 g/mol. The second-order valence-corrected chi connectivity index (χ2v) is 6.47. The van der Waals surface area contributed by atoms with E-state index >= 15 is 0 Å². The number of aliphatic hydroxyl groups excluding tert-OH is 1. The molecule has 2 N–H and O–H groups in total. The van der Waals surface area contributed by atoms with Gasteiger partial charge in [-0.05, 0) is 25.5 Å². The number of nitrogens with zero attached hydrogens (tertiary/aromatic N) is 1. The van der Waals surface area contributed by atoms with Gasteiger partial charge in [-0.15, -0.1) is 0 Å². The summed E-state index contributed by atoms with van der Waals surface area (Å²) in [5.41, 5.74) is 0.562. The molecule has 1 aromatic carbocycles. The first kappa shape index (κ1) is 14.9. The van der Waals surface area contributed by atoms with E-state index in [0.29, 0.717) is 18.7 Å². The van der Waals surface area contributed by atoms with Gasteiger partial charge >= 0.3 is 0 Å². The molecule has 1 aromatic rings. The number of aliphatic hydroxyl groups is 1. The molecule has 1 atom stereocenters. The number of hydrogen-bond donors (Lipinski definition) is 2. The van der Waals surface area contributed by atoms with Crippen LogP contribution in [0.2, 0.25) is 0 Å². The number of benzene rings is 1. The summed E-state index contributed by atoms with van der Waals surface area (Å²) in [7, 11) is -0.446. The lowest BCUT2D eigenvalue weighted by atomic mass is 10.2. The highest BCUT2D eigenvalue weighted by Gasteiger charge is 2.20. The van der Waals surface area contributed by atoms with Crippen LogP contribution in [0.5, 0.6) is 0 Å². The third-order valence-corrected chi connectivity index (χ3v) is 4.40. The fourth-order valence-electron chi connectivity index (χ4n) is 1.45. The minimum Gasteiger partial charge on any atom is -0.393 e. The Kier molecular flexibility index (Phi) is 5.13. The van der Waals surface area contributed by atoms with Crippen molar-refractivity contribution < 1.29 is 13.5 Å². The molecule has 0 saturated carbocycles. The van der Waals surface area contributed by atoms with Crippen LogP contribution in [0.3, 0.4) is 0 Å². The molecule has 0 aromatic heterocycles. The van der Waals surface area contributed by atoms with E-state index in [1.165, 1.54) is 18.4 Å². The summed E-state index contributed by atoms with van der Waals surface area (Å²) in [4.78, 5) is 0.251. The van der Waals surface area contributed by atoms with Gasteiger partial charge in [0, 0.05) is 20.6 Å². The van der Waals surface area contributed by atoms with Gasteiger partial charge in [0.1, 0.15) is 4.90 Å². The number of para-hydroxylation sites is 1. The summed E-state index contributed by atoms with van der Waals surface area (Å²) < 4.78 is 25.4. The smallest absolute Gasteiger partial charge is 0.244 e. The molecule has 0 heterocycles. The maximum Gasteiger partial charge on any atom is 0.244 e. The van der Waals surface area contributed by atoms with E-state index < -0.39 is 16.1 Å². The largest absolute Gasteiger partial charge is 0.393 e. The molecule has 0 aliphatic heterocycles. The Morgan fingerprint density at radius 1 is 1.33 bits per heavy atom. The Morgan fingerprint density at radius 3 is 2.50 bits per heavy atom. The van der Waals surface area contributed by atoms with Crippen LogP contribution in [0, 0.1) is 0 Å². The van der Waals surface area contributed by atoms with Crippen molar-refractivity contribution in [3.63, 3.8) is 0 Å². The van der Waals surface area contributed by atoms with Gasteiger partial charge in [0.2, 0.25) is 10.0 Å². The van der Waals surface area contributed by atoms with Gasteiger partial charge in [0.05, 0.1) is 11.8 Å². The topological polar surface area (TPSA) is 69.6 Å². The highest BCUT2D eigenvalue weighted by atomic mass is 32.2. The van der Waals surface area contributed by atoms with Crippen LogP contribution in [0.1, 0.15) is 13.3 Å². The molecular formula is C12H20N2O3S. The zero-order valence-corrected chi connectivity index (χ0v) is 11.7. The molecular weight excluding hydrogens is 252 g/mol. The highest BCUT2D eigenvalue weighted by molar-refractivity contribution is 7.89. The van der Waals surface area contributed by atoms with Crippen molar-refractivity contribution in [1.29, 1.82) is 0 Å². The number of sulfonamides is 1. The first-order chi connectivity index (χ1) is 8.35. The van der Waals surface area contributed by atoms with Crippen molar-refractivity contribution in [2.24, 2.45) is 0 Å². The number of nitrogens with one attached hydrogen (secondary N) is 1. The SMILES string of the molecule is CC(O)CCNc1ccccc1S(=O)(=O)N(C)C. The van der Waals surface area contributed by atoms with Crippen LogP contribution in [0.4, 0.5) is 5.69 Å². The fourth-order valence-corrected chi connectivity index (χ4v) is 2.51. The van der Waals surface area contributed by atoms with Crippen molar-refractivity contribution in [3.8, 4) is 0 Å². The van der Waals surface area contributed by atoms with Crippen LogP contribution < -0.4 is 5.32 Å². The Bertz CT molecular complexity index is 484. The normalized spacial score (nSPS) is 13.6. The molecule has 0 amide bonds. The zero-order valence-electron chi connectivity index (χ0n) is 10.9. The van der Waals surface area contributed by atoms with Gasteiger partial charge in [0.25, 0.3) is 0 Å². The van der Waals surface area contributed by atoms with Crippen LogP contribution in [-0.2, 0) is 10.0 Å². The summed E-state index contributed by atoms with van der Waals surface area (Å²) in [6.45, 7) is 2.22. The van der Waals surface area contributed by atoms with Crippen molar-refractivity contribution in [1.82, 2.24) is 4.31 Å². The number of hydrogen-bond acceptors (Lipinski definition) is 4. The summed E-state index contributed by atoms with van der Waals surface area (Å²) in [6.07, 6.45) is 0.159. The summed E-state index contributed by atoms with van der Waals surface area (Å²) in [6, 6.07) is 6.76. The molecule has 0 aliphatic rings. The van der Waals surface area contributed by atoms with Crippen molar-refractivity contribution in [3.05, 3.63) is 24.3 Å². The maximum absolute atomic E-state index is 12.1. The average Bonchev–Trinajstić information content (AvgIpc) is 2.28. The third kappa shape index (κ3) is 3.69.